The van der Waals surface area contributed by atoms with E-state index >= 15 is 0 Å². The molecule has 2 aromatic rings. The molecule has 0 atom stereocenters. The number of rotatable bonds is 1. The largest absolute Gasteiger partial charge is 0.417 e. The number of hydrogen-bond donors (Lipinski definition) is 0. The number of benzene rings is 1. The molecular weight excluding hydrogens is 243 g/mol. The first-order valence-electron chi connectivity index (χ1n) is 4.26. The summed E-state index contributed by atoms with van der Waals surface area (Å²) < 4.78 is 42.4. The van der Waals surface area contributed by atoms with Crippen LogP contribution >= 0.6 is 11.6 Å². The number of alkyl halides is 3. The van der Waals surface area contributed by atoms with E-state index < -0.39 is 11.7 Å². The van der Waals surface area contributed by atoms with Crippen molar-refractivity contribution in [2.75, 3.05) is 0 Å². The Balaban J connectivity index is 2.52. The van der Waals surface area contributed by atoms with Crippen LogP contribution in [0.15, 0.2) is 35.0 Å². The van der Waals surface area contributed by atoms with E-state index in [1.54, 1.807) is 0 Å². The van der Waals surface area contributed by atoms with Gasteiger partial charge in [0.15, 0.2) is 5.76 Å². The fourth-order valence-electron chi connectivity index (χ4n) is 1.26. The molecule has 2 nitrogen and oxygen atoms in total. The van der Waals surface area contributed by atoms with Crippen LogP contribution in [0.25, 0.3) is 11.3 Å². The summed E-state index contributed by atoms with van der Waals surface area (Å²) in [4.78, 5) is 0. The Kier molecular flexibility index (Phi) is 2.63. The van der Waals surface area contributed by atoms with E-state index in [2.05, 4.69) is 5.16 Å². The maximum Gasteiger partial charge on any atom is 0.417 e. The van der Waals surface area contributed by atoms with Gasteiger partial charge in [-0.25, -0.2) is 0 Å². The van der Waals surface area contributed by atoms with Crippen LogP contribution in [0, 0.1) is 0 Å². The zero-order valence-corrected chi connectivity index (χ0v) is 8.51. The van der Waals surface area contributed by atoms with E-state index in [4.69, 9.17) is 16.1 Å². The number of hydrogen-bond acceptors (Lipinski definition) is 2. The monoisotopic (exact) mass is 247 g/mol. The molecule has 1 aromatic heterocycles. The fraction of sp³-hybridized carbons (Fsp3) is 0.100. The van der Waals surface area contributed by atoms with E-state index in [9.17, 15) is 13.2 Å². The average Bonchev–Trinajstić information content (AvgIpc) is 2.69. The van der Waals surface area contributed by atoms with E-state index in [0.717, 1.165) is 6.07 Å². The SMILES string of the molecule is FC(F)(F)c1cc(-c2ccno2)ccc1Cl. The quantitative estimate of drug-likeness (QED) is 0.761. The third kappa shape index (κ3) is 2.04. The summed E-state index contributed by atoms with van der Waals surface area (Å²) in [5.41, 5.74) is -0.600. The minimum atomic E-state index is -4.48. The molecule has 2 rings (SSSR count). The molecule has 0 aliphatic heterocycles. The minimum Gasteiger partial charge on any atom is -0.356 e. The molecule has 84 valence electrons. The number of aromatic nitrogens is 1. The van der Waals surface area contributed by atoms with Crippen molar-refractivity contribution in [1.29, 1.82) is 0 Å². The molecule has 1 aromatic carbocycles. The van der Waals surface area contributed by atoms with E-state index in [1.165, 1.54) is 24.4 Å². The lowest BCUT2D eigenvalue weighted by Crippen LogP contribution is -2.05. The molecular formula is C10H5ClF3NO. The highest BCUT2D eigenvalue weighted by molar-refractivity contribution is 6.31. The molecule has 1 heterocycles. The van der Waals surface area contributed by atoms with Crippen molar-refractivity contribution >= 4 is 11.6 Å². The van der Waals surface area contributed by atoms with Crippen LogP contribution < -0.4 is 0 Å². The summed E-state index contributed by atoms with van der Waals surface area (Å²) in [7, 11) is 0. The molecule has 0 unspecified atom stereocenters. The Morgan fingerprint density at radius 2 is 1.94 bits per heavy atom. The summed E-state index contributed by atoms with van der Waals surface area (Å²) in [6, 6.07) is 5.03. The van der Waals surface area contributed by atoms with Crippen molar-refractivity contribution in [1.82, 2.24) is 5.16 Å². The Morgan fingerprint density at radius 1 is 1.19 bits per heavy atom. The second kappa shape index (κ2) is 3.83. The number of nitrogens with zero attached hydrogens (tertiary/aromatic N) is 1. The van der Waals surface area contributed by atoms with Gasteiger partial charge in [-0.05, 0) is 18.2 Å². The van der Waals surface area contributed by atoms with Crippen molar-refractivity contribution in [2.24, 2.45) is 0 Å². The Hall–Kier alpha value is -1.49. The van der Waals surface area contributed by atoms with Gasteiger partial charge in [0, 0.05) is 11.6 Å². The van der Waals surface area contributed by atoms with Crippen LogP contribution in [0.2, 0.25) is 5.02 Å². The molecule has 0 bridgehead atoms. The molecule has 0 fully saturated rings. The zero-order chi connectivity index (χ0) is 11.8. The highest BCUT2D eigenvalue weighted by atomic mass is 35.5. The van der Waals surface area contributed by atoms with Gasteiger partial charge in [0.05, 0.1) is 16.8 Å². The smallest absolute Gasteiger partial charge is 0.356 e. The molecule has 0 saturated carbocycles. The molecule has 6 heteroatoms. The molecule has 0 spiro atoms. The van der Waals surface area contributed by atoms with Crippen molar-refractivity contribution in [3.63, 3.8) is 0 Å². The average molecular weight is 248 g/mol. The van der Waals surface area contributed by atoms with Crippen LogP contribution in [-0.2, 0) is 6.18 Å². The van der Waals surface area contributed by atoms with Gasteiger partial charge in [0.25, 0.3) is 0 Å². The van der Waals surface area contributed by atoms with Gasteiger partial charge < -0.3 is 4.52 Å². The second-order valence-electron chi connectivity index (χ2n) is 3.07. The molecule has 0 N–H and O–H groups in total. The van der Waals surface area contributed by atoms with Crippen LogP contribution in [0.5, 0.6) is 0 Å². The third-order valence-electron chi connectivity index (χ3n) is 1.99. The Bertz CT molecular complexity index is 493. The summed E-state index contributed by atoms with van der Waals surface area (Å²) in [5.74, 6) is 0.266. The molecule has 0 amide bonds. The van der Waals surface area contributed by atoms with Crippen LogP contribution in [0.3, 0.4) is 0 Å². The predicted molar refractivity (Wildman–Crippen MR) is 52.0 cm³/mol. The first-order valence-corrected chi connectivity index (χ1v) is 4.64. The normalized spacial score (nSPS) is 11.8. The highest BCUT2D eigenvalue weighted by Crippen LogP contribution is 2.37. The van der Waals surface area contributed by atoms with Gasteiger partial charge in [0.2, 0.25) is 0 Å². The maximum absolute atomic E-state index is 12.5. The van der Waals surface area contributed by atoms with Gasteiger partial charge in [0.1, 0.15) is 0 Å². The third-order valence-corrected chi connectivity index (χ3v) is 2.32. The standard InChI is InChI=1S/C10H5ClF3NO/c11-8-2-1-6(9-3-4-15-16-9)5-7(8)10(12,13)14/h1-5H. The summed E-state index contributed by atoms with van der Waals surface area (Å²) >= 11 is 5.48. The highest BCUT2D eigenvalue weighted by Gasteiger charge is 2.33. The molecule has 0 aliphatic rings. The van der Waals surface area contributed by atoms with E-state index in [1.807, 2.05) is 0 Å². The topological polar surface area (TPSA) is 26.0 Å². The summed E-state index contributed by atoms with van der Waals surface area (Å²) in [6.45, 7) is 0. The fourth-order valence-corrected chi connectivity index (χ4v) is 1.49. The molecule has 0 radical (unpaired) electrons. The van der Waals surface area contributed by atoms with Gasteiger partial charge in [-0.15, -0.1) is 0 Å². The van der Waals surface area contributed by atoms with Crippen molar-refractivity contribution in [2.45, 2.75) is 6.18 Å². The lowest BCUT2D eigenvalue weighted by molar-refractivity contribution is -0.137. The van der Waals surface area contributed by atoms with Gasteiger partial charge in [-0.1, -0.05) is 16.8 Å². The van der Waals surface area contributed by atoms with Crippen LogP contribution in [0.4, 0.5) is 13.2 Å². The van der Waals surface area contributed by atoms with Gasteiger partial charge >= 0.3 is 6.18 Å². The Morgan fingerprint density at radius 3 is 2.50 bits per heavy atom. The molecule has 0 aliphatic carbocycles. The Labute approximate surface area is 93.6 Å². The lowest BCUT2D eigenvalue weighted by atomic mass is 10.1. The van der Waals surface area contributed by atoms with Crippen molar-refractivity contribution in [3.8, 4) is 11.3 Å². The first-order chi connectivity index (χ1) is 7.48. The van der Waals surface area contributed by atoms with E-state index in [-0.39, 0.29) is 16.3 Å². The number of halogens is 4. The van der Waals surface area contributed by atoms with Gasteiger partial charge in [-0.3, -0.25) is 0 Å². The second-order valence-corrected chi connectivity index (χ2v) is 3.48. The van der Waals surface area contributed by atoms with Crippen LogP contribution in [0.1, 0.15) is 5.56 Å². The van der Waals surface area contributed by atoms with Gasteiger partial charge in [-0.2, -0.15) is 13.2 Å². The van der Waals surface area contributed by atoms with E-state index in [0.29, 0.717) is 0 Å². The maximum atomic E-state index is 12.5. The molecule has 0 saturated heterocycles. The lowest BCUT2D eigenvalue weighted by Gasteiger charge is -2.09. The first kappa shape index (κ1) is 11.0. The van der Waals surface area contributed by atoms with Crippen LogP contribution in [-0.4, -0.2) is 5.16 Å². The van der Waals surface area contributed by atoms with Crippen molar-refractivity contribution in [3.05, 3.63) is 41.0 Å². The minimum absolute atomic E-state index is 0.266. The molecule has 16 heavy (non-hydrogen) atoms. The predicted octanol–water partition coefficient (Wildman–Crippen LogP) is 4.01. The summed E-state index contributed by atoms with van der Waals surface area (Å²) in [6.07, 6.45) is -3.12. The summed E-state index contributed by atoms with van der Waals surface area (Å²) in [5, 5.41) is 3.09. The zero-order valence-electron chi connectivity index (χ0n) is 7.75. The van der Waals surface area contributed by atoms with Crippen molar-refractivity contribution < 1.29 is 17.7 Å².